The number of sulfonamides is 1. The molecule has 3 rings (SSSR count). The Morgan fingerprint density at radius 3 is 2.17 bits per heavy atom. The quantitative estimate of drug-likeness (QED) is 0.883. The third-order valence-corrected chi connectivity index (χ3v) is 6.79. The van der Waals surface area contributed by atoms with Gasteiger partial charge in [0, 0.05) is 18.4 Å². The zero-order valence-corrected chi connectivity index (χ0v) is 15.3. The highest BCUT2D eigenvalue weighted by atomic mass is 32.2. The van der Waals surface area contributed by atoms with Gasteiger partial charge in [0.2, 0.25) is 10.0 Å². The lowest BCUT2D eigenvalue weighted by Gasteiger charge is -2.44. The number of benzene rings is 1. The van der Waals surface area contributed by atoms with Crippen molar-refractivity contribution >= 4 is 10.0 Å². The molecule has 1 saturated carbocycles. The highest BCUT2D eigenvalue weighted by Gasteiger charge is 2.47. The van der Waals surface area contributed by atoms with Crippen LogP contribution in [0.5, 0.6) is 0 Å². The summed E-state index contributed by atoms with van der Waals surface area (Å²) >= 11 is 0. The minimum atomic E-state index is -3.52. The van der Waals surface area contributed by atoms with Crippen molar-refractivity contribution in [2.24, 2.45) is 0 Å². The molecule has 2 aliphatic rings. The molecule has 5 nitrogen and oxygen atoms in total. The monoisotopic (exact) mass is 353 g/mol. The molecular weight excluding hydrogens is 326 g/mol. The molecule has 1 aliphatic carbocycles. The fourth-order valence-electron chi connectivity index (χ4n) is 3.84. The van der Waals surface area contributed by atoms with Gasteiger partial charge in [-0.3, -0.25) is 0 Å². The first-order valence-corrected chi connectivity index (χ1v) is 10.3. The molecule has 0 aromatic heterocycles. The van der Waals surface area contributed by atoms with Crippen LogP contribution in [0, 0.1) is 6.92 Å². The van der Waals surface area contributed by atoms with E-state index in [4.69, 9.17) is 9.47 Å². The molecule has 1 N–H and O–H groups in total. The average Bonchev–Trinajstić information content (AvgIpc) is 3.00. The first-order valence-electron chi connectivity index (χ1n) is 8.77. The van der Waals surface area contributed by atoms with Gasteiger partial charge in [-0.1, -0.05) is 31.0 Å². The minimum Gasteiger partial charge on any atom is -0.348 e. The summed E-state index contributed by atoms with van der Waals surface area (Å²) in [6.07, 6.45) is 4.73. The van der Waals surface area contributed by atoms with E-state index in [0.29, 0.717) is 18.1 Å². The Balaban J connectivity index is 1.77. The predicted molar refractivity (Wildman–Crippen MR) is 92.2 cm³/mol. The van der Waals surface area contributed by atoms with Gasteiger partial charge < -0.3 is 9.47 Å². The summed E-state index contributed by atoms with van der Waals surface area (Å²) < 4.78 is 40.2. The zero-order chi connectivity index (χ0) is 17.3. The summed E-state index contributed by atoms with van der Waals surface area (Å²) in [6, 6.07) is 7.00. The van der Waals surface area contributed by atoms with E-state index in [1.54, 1.807) is 12.1 Å². The lowest BCUT2D eigenvalue weighted by molar-refractivity contribution is -0.185. The molecule has 0 unspecified atom stereocenters. The summed E-state index contributed by atoms with van der Waals surface area (Å²) in [5.41, 5.74) is 0.645. The molecule has 2 fully saturated rings. The zero-order valence-electron chi connectivity index (χ0n) is 14.5. The first kappa shape index (κ1) is 17.9. The van der Waals surface area contributed by atoms with Crippen molar-refractivity contribution in [3.8, 4) is 0 Å². The predicted octanol–water partition coefficient (Wildman–Crippen LogP) is 3.13. The summed E-state index contributed by atoms with van der Waals surface area (Å²) in [7, 11) is -3.52. The van der Waals surface area contributed by atoms with Crippen molar-refractivity contribution in [1.82, 2.24) is 4.72 Å². The third kappa shape index (κ3) is 3.67. The van der Waals surface area contributed by atoms with Gasteiger partial charge in [-0.15, -0.1) is 0 Å². The van der Waals surface area contributed by atoms with Gasteiger partial charge in [0.05, 0.1) is 18.1 Å². The van der Waals surface area contributed by atoms with Crippen molar-refractivity contribution in [3.63, 3.8) is 0 Å². The maximum atomic E-state index is 12.8. The molecule has 6 heteroatoms. The summed E-state index contributed by atoms with van der Waals surface area (Å²) in [5.74, 6) is -0.480. The van der Waals surface area contributed by atoms with Crippen LogP contribution in [-0.2, 0) is 19.5 Å². The fraction of sp³-hybridized carbons (Fsp3) is 0.667. The molecule has 1 aromatic rings. The van der Waals surface area contributed by atoms with Crippen LogP contribution in [-0.4, -0.2) is 33.0 Å². The molecule has 0 atom stereocenters. The van der Waals surface area contributed by atoms with Crippen LogP contribution < -0.4 is 4.72 Å². The Hall–Kier alpha value is -0.950. The van der Waals surface area contributed by atoms with E-state index in [1.165, 1.54) is 0 Å². The fourth-order valence-corrected chi connectivity index (χ4v) is 5.33. The Labute approximate surface area is 144 Å². The van der Waals surface area contributed by atoms with Gasteiger partial charge in [-0.25, -0.2) is 13.1 Å². The van der Waals surface area contributed by atoms with Crippen molar-refractivity contribution in [3.05, 3.63) is 29.8 Å². The van der Waals surface area contributed by atoms with E-state index in [9.17, 15) is 8.42 Å². The van der Waals surface area contributed by atoms with Gasteiger partial charge in [-0.05, 0) is 38.3 Å². The second-order valence-electron chi connectivity index (χ2n) is 7.06. The van der Waals surface area contributed by atoms with Crippen LogP contribution in [0.4, 0.5) is 0 Å². The van der Waals surface area contributed by atoms with E-state index in [0.717, 1.165) is 44.1 Å². The number of hydrogen-bond acceptors (Lipinski definition) is 4. The van der Waals surface area contributed by atoms with E-state index >= 15 is 0 Å². The van der Waals surface area contributed by atoms with Crippen LogP contribution in [0.15, 0.2) is 29.2 Å². The lowest BCUT2D eigenvalue weighted by atomic mass is 9.77. The largest absolute Gasteiger partial charge is 0.348 e. The summed E-state index contributed by atoms with van der Waals surface area (Å²) in [5, 5.41) is 0. The molecule has 0 bridgehead atoms. The van der Waals surface area contributed by atoms with E-state index in [2.05, 4.69) is 11.6 Å². The highest BCUT2D eigenvalue weighted by molar-refractivity contribution is 7.89. The molecule has 134 valence electrons. The Bertz CT molecular complexity index is 653. The van der Waals surface area contributed by atoms with Crippen LogP contribution in [0.3, 0.4) is 0 Å². The SMILES string of the molecule is CCCC1(NS(=O)(=O)c2ccc(C)cc2)CCC2(CC1)OCCO2. The molecule has 1 aromatic carbocycles. The normalized spacial score (nSPS) is 22.8. The van der Waals surface area contributed by atoms with Crippen molar-refractivity contribution < 1.29 is 17.9 Å². The molecule has 0 radical (unpaired) electrons. The van der Waals surface area contributed by atoms with E-state index in [-0.39, 0.29) is 0 Å². The van der Waals surface area contributed by atoms with Crippen LogP contribution in [0.2, 0.25) is 0 Å². The summed E-state index contributed by atoms with van der Waals surface area (Å²) in [4.78, 5) is 0.331. The lowest BCUT2D eigenvalue weighted by Crippen LogP contribution is -2.54. The van der Waals surface area contributed by atoms with Crippen LogP contribution in [0.1, 0.15) is 51.0 Å². The highest BCUT2D eigenvalue weighted by Crippen LogP contribution is 2.42. The molecule has 1 saturated heterocycles. The van der Waals surface area contributed by atoms with Gasteiger partial charge >= 0.3 is 0 Å². The van der Waals surface area contributed by atoms with Crippen molar-refractivity contribution in [1.29, 1.82) is 0 Å². The Kier molecular flexibility index (Phi) is 5.02. The van der Waals surface area contributed by atoms with Crippen LogP contribution >= 0.6 is 0 Å². The maximum absolute atomic E-state index is 12.8. The molecule has 0 amide bonds. The number of rotatable bonds is 5. The second kappa shape index (κ2) is 6.75. The van der Waals surface area contributed by atoms with Gasteiger partial charge in [-0.2, -0.15) is 0 Å². The molecular formula is C18H27NO4S. The first-order chi connectivity index (χ1) is 11.4. The number of ether oxygens (including phenoxy) is 2. The van der Waals surface area contributed by atoms with Crippen molar-refractivity contribution in [2.75, 3.05) is 13.2 Å². The molecule has 1 heterocycles. The standard InChI is InChI=1S/C18H27NO4S/c1-3-8-17(9-11-18(12-10-17)22-13-14-23-18)19-24(20,21)16-6-4-15(2)5-7-16/h4-7,19H,3,8-14H2,1-2H3. The smallest absolute Gasteiger partial charge is 0.241 e. The number of aryl methyl sites for hydroxylation is 1. The van der Waals surface area contributed by atoms with Gasteiger partial charge in [0.15, 0.2) is 5.79 Å². The van der Waals surface area contributed by atoms with E-state index in [1.807, 2.05) is 19.1 Å². The third-order valence-electron chi connectivity index (χ3n) is 5.19. The summed E-state index contributed by atoms with van der Waals surface area (Å²) in [6.45, 7) is 5.31. The van der Waals surface area contributed by atoms with Crippen LogP contribution in [0.25, 0.3) is 0 Å². The topological polar surface area (TPSA) is 64.6 Å². The molecule has 1 spiro atoms. The average molecular weight is 353 g/mol. The maximum Gasteiger partial charge on any atom is 0.241 e. The van der Waals surface area contributed by atoms with Gasteiger partial charge in [0.25, 0.3) is 0 Å². The van der Waals surface area contributed by atoms with E-state index < -0.39 is 21.3 Å². The Morgan fingerprint density at radius 1 is 1.04 bits per heavy atom. The van der Waals surface area contributed by atoms with Gasteiger partial charge in [0.1, 0.15) is 0 Å². The van der Waals surface area contributed by atoms with Crippen molar-refractivity contribution in [2.45, 2.75) is 68.6 Å². The molecule has 1 aliphatic heterocycles. The molecule has 24 heavy (non-hydrogen) atoms. The second-order valence-corrected chi connectivity index (χ2v) is 8.74. The number of hydrogen-bond donors (Lipinski definition) is 1. The number of nitrogens with one attached hydrogen (secondary N) is 1. The Morgan fingerprint density at radius 2 is 1.62 bits per heavy atom. The minimum absolute atomic E-state index is 0.331.